The van der Waals surface area contributed by atoms with Crippen LogP contribution in [-0.4, -0.2) is 41.1 Å². The number of aliphatic hydroxyl groups is 1. The van der Waals surface area contributed by atoms with E-state index in [0.29, 0.717) is 13.1 Å². The van der Waals surface area contributed by atoms with E-state index in [0.717, 1.165) is 30.6 Å². The number of hydrogen-bond donors (Lipinski definition) is 3. The van der Waals surface area contributed by atoms with Gasteiger partial charge in [0.05, 0.1) is 12.1 Å². The van der Waals surface area contributed by atoms with E-state index in [1.165, 1.54) is 0 Å². The van der Waals surface area contributed by atoms with Gasteiger partial charge in [-0.15, -0.1) is 0 Å². The minimum atomic E-state index is -0.320. The molecule has 0 aliphatic carbocycles. The zero-order valence-corrected chi connectivity index (χ0v) is 11.9. The maximum atomic E-state index is 12.3. The zero-order valence-electron chi connectivity index (χ0n) is 11.9. The van der Waals surface area contributed by atoms with Gasteiger partial charge in [-0.2, -0.15) is 0 Å². The summed E-state index contributed by atoms with van der Waals surface area (Å²) in [5, 5.41) is 12.6. The fourth-order valence-electron chi connectivity index (χ4n) is 2.52. The predicted octanol–water partition coefficient (Wildman–Crippen LogP) is 0.929. The van der Waals surface area contributed by atoms with Crippen LogP contribution in [0, 0.1) is 0 Å². The highest BCUT2D eigenvalue weighted by atomic mass is 16.3. The van der Waals surface area contributed by atoms with Crippen LogP contribution in [0.4, 0.5) is 5.69 Å². The Morgan fingerprint density at radius 2 is 2.40 bits per heavy atom. The van der Waals surface area contributed by atoms with Gasteiger partial charge in [0, 0.05) is 18.8 Å². The minimum Gasteiger partial charge on any atom is -0.392 e. The van der Waals surface area contributed by atoms with Crippen molar-refractivity contribution in [2.75, 3.05) is 18.4 Å². The molecule has 0 aromatic heterocycles. The smallest absolute Gasteiger partial charge is 0.241 e. The van der Waals surface area contributed by atoms with Crippen LogP contribution >= 0.6 is 0 Å². The van der Waals surface area contributed by atoms with Gasteiger partial charge in [-0.1, -0.05) is 12.1 Å². The number of carbonyl (C=O) groups is 1. The number of carbonyl (C=O) groups excluding carboxylic acids is 1. The van der Waals surface area contributed by atoms with Crippen molar-refractivity contribution in [3.63, 3.8) is 0 Å². The van der Waals surface area contributed by atoms with E-state index < -0.39 is 0 Å². The van der Waals surface area contributed by atoms with E-state index in [4.69, 9.17) is 5.73 Å². The molecule has 110 valence electrons. The molecule has 1 aliphatic heterocycles. The molecule has 1 aromatic rings. The Morgan fingerprint density at radius 1 is 1.60 bits per heavy atom. The number of piperidine rings is 1. The van der Waals surface area contributed by atoms with E-state index in [1.54, 1.807) is 0 Å². The Kier molecular flexibility index (Phi) is 5.11. The number of amides is 1. The van der Waals surface area contributed by atoms with Crippen LogP contribution in [0.25, 0.3) is 0 Å². The third-order valence-corrected chi connectivity index (χ3v) is 3.79. The van der Waals surface area contributed by atoms with Crippen molar-refractivity contribution in [3.05, 3.63) is 29.8 Å². The number of rotatable bonds is 4. The van der Waals surface area contributed by atoms with Gasteiger partial charge in [0.2, 0.25) is 5.91 Å². The molecule has 2 rings (SSSR count). The average molecular weight is 277 g/mol. The SMILES string of the molecule is CC(C(=O)Nc1cccc(CN)c1)N1CCCC(O)C1. The first-order valence-corrected chi connectivity index (χ1v) is 7.12. The average Bonchev–Trinajstić information content (AvgIpc) is 2.46. The lowest BCUT2D eigenvalue weighted by Crippen LogP contribution is -2.48. The molecule has 0 spiro atoms. The molecule has 1 fully saturated rings. The molecule has 1 saturated heterocycles. The van der Waals surface area contributed by atoms with E-state index >= 15 is 0 Å². The summed E-state index contributed by atoms with van der Waals surface area (Å²) in [5.41, 5.74) is 7.35. The van der Waals surface area contributed by atoms with Crippen LogP contribution in [0.3, 0.4) is 0 Å². The molecular formula is C15H23N3O2. The fourth-order valence-corrected chi connectivity index (χ4v) is 2.52. The second-order valence-corrected chi connectivity index (χ2v) is 5.36. The standard InChI is InChI=1S/C15H23N3O2/c1-11(18-7-3-6-14(19)10-18)15(20)17-13-5-2-4-12(8-13)9-16/h2,4-5,8,11,14,19H,3,6-7,9-10,16H2,1H3,(H,17,20). The third-order valence-electron chi connectivity index (χ3n) is 3.79. The molecule has 0 radical (unpaired) electrons. The highest BCUT2D eigenvalue weighted by molar-refractivity contribution is 5.94. The summed E-state index contributed by atoms with van der Waals surface area (Å²) < 4.78 is 0. The molecule has 1 amide bonds. The van der Waals surface area contributed by atoms with E-state index in [2.05, 4.69) is 5.32 Å². The van der Waals surface area contributed by atoms with Gasteiger partial charge < -0.3 is 16.2 Å². The predicted molar refractivity (Wildman–Crippen MR) is 79.2 cm³/mol. The van der Waals surface area contributed by atoms with Crippen molar-refractivity contribution < 1.29 is 9.90 Å². The third kappa shape index (κ3) is 3.79. The van der Waals surface area contributed by atoms with Crippen LogP contribution < -0.4 is 11.1 Å². The molecule has 1 aromatic carbocycles. The largest absolute Gasteiger partial charge is 0.392 e. The summed E-state index contributed by atoms with van der Waals surface area (Å²) in [4.78, 5) is 14.3. The second kappa shape index (κ2) is 6.83. The lowest BCUT2D eigenvalue weighted by molar-refractivity contribution is -0.121. The second-order valence-electron chi connectivity index (χ2n) is 5.36. The maximum absolute atomic E-state index is 12.3. The number of nitrogens with two attached hydrogens (primary N) is 1. The molecule has 0 saturated carbocycles. The van der Waals surface area contributed by atoms with Crippen molar-refractivity contribution in [1.82, 2.24) is 4.90 Å². The van der Waals surface area contributed by atoms with Crippen LogP contribution in [-0.2, 0) is 11.3 Å². The van der Waals surface area contributed by atoms with Crippen molar-refractivity contribution in [2.24, 2.45) is 5.73 Å². The Morgan fingerprint density at radius 3 is 3.10 bits per heavy atom. The Bertz CT molecular complexity index is 464. The number of aliphatic hydroxyl groups excluding tert-OH is 1. The van der Waals surface area contributed by atoms with Gasteiger partial charge in [0.15, 0.2) is 0 Å². The minimum absolute atomic E-state index is 0.0479. The van der Waals surface area contributed by atoms with Crippen molar-refractivity contribution >= 4 is 11.6 Å². The summed E-state index contributed by atoms with van der Waals surface area (Å²) in [6.07, 6.45) is 1.43. The van der Waals surface area contributed by atoms with Gasteiger partial charge in [-0.25, -0.2) is 0 Å². The molecule has 5 heteroatoms. The van der Waals surface area contributed by atoms with Gasteiger partial charge >= 0.3 is 0 Å². The van der Waals surface area contributed by atoms with Crippen LogP contribution in [0.2, 0.25) is 0 Å². The highest BCUT2D eigenvalue weighted by Crippen LogP contribution is 2.15. The molecule has 5 nitrogen and oxygen atoms in total. The summed E-state index contributed by atoms with van der Waals surface area (Å²) >= 11 is 0. The number of nitrogens with one attached hydrogen (secondary N) is 1. The first-order chi connectivity index (χ1) is 9.60. The van der Waals surface area contributed by atoms with Gasteiger partial charge in [-0.3, -0.25) is 9.69 Å². The van der Waals surface area contributed by atoms with Gasteiger partial charge in [0.25, 0.3) is 0 Å². The number of benzene rings is 1. The maximum Gasteiger partial charge on any atom is 0.241 e. The van der Waals surface area contributed by atoms with Crippen LogP contribution in [0.1, 0.15) is 25.3 Å². The van der Waals surface area contributed by atoms with E-state index in [-0.39, 0.29) is 18.1 Å². The van der Waals surface area contributed by atoms with Crippen LogP contribution in [0.5, 0.6) is 0 Å². The van der Waals surface area contributed by atoms with Crippen molar-refractivity contribution in [1.29, 1.82) is 0 Å². The van der Waals surface area contributed by atoms with Crippen molar-refractivity contribution in [2.45, 2.75) is 38.5 Å². The summed E-state index contributed by atoms with van der Waals surface area (Å²) in [6, 6.07) is 7.31. The Labute approximate surface area is 119 Å². The van der Waals surface area contributed by atoms with Gasteiger partial charge in [0.1, 0.15) is 0 Å². The van der Waals surface area contributed by atoms with E-state index in [1.807, 2.05) is 36.1 Å². The van der Waals surface area contributed by atoms with E-state index in [9.17, 15) is 9.90 Å². The first-order valence-electron chi connectivity index (χ1n) is 7.12. The number of likely N-dealkylation sites (tertiary alicyclic amines) is 1. The number of nitrogens with zero attached hydrogens (tertiary/aromatic N) is 1. The molecule has 2 unspecified atom stereocenters. The summed E-state index contributed by atoms with van der Waals surface area (Å²) in [7, 11) is 0. The normalized spacial score (nSPS) is 21.4. The quantitative estimate of drug-likeness (QED) is 0.765. The Balaban J connectivity index is 1.96. The Hall–Kier alpha value is -1.43. The molecule has 0 bridgehead atoms. The topological polar surface area (TPSA) is 78.6 Å². The lowest BCUT2D eigenvalue weighted by atomic mass is 10.1. The van der Waals surface area contributed by atoms with Crippen LogP contribution in [0.15, 0.2) is 24.3 Å². The molecule has 1 aliphatic rings. The molecule has 2 atom stereocenters. The summed E-state index contributed by atoms with van der Waals surface area (Å²) in [6.45, 7) is 3.75. The zero-order chi connectivity index (χ0) is 14.5. The molecule has 4 N–H and O–H groups in total. The number of β-amino-alcohol motifs (C(OH)–C–C–N with tert-alkyl or cyclic N) is 1. The monoisotopic (exact) mass is 277 g/mol. The molecule has 1 heterocycles. The van der Waals surface area contributed by atoms with Crippen molar-refractivity contribution in [3.8, 4) is 0 Å². The van der Waals surface area contributed by atoms with Gasteiger partial charge in [-0.05, 0) is 44.0 Å². The molecular weight excluding hydrogens is 254 g/mol. The number of anilines is 1. The fraction of sp³-hybridized carbons (Fsp3) is 0.533. The first kappa shape index (κ1) is 15.0. The lowest BCUT2D eigenvalue weighted by Gasteiger charge is -2.33. The summed E-state index contributed by atoms with van der Waals surface area (Å²) in [5.74, 6) is -0.0479. The molecule has 20 heavy (non-hydrogen) atoms. The highest BCUT2D eigenvalue weighted by Gasteiger charge is 2.26. The number of hydrogen-bond acceptors (Lipinski definition) is 4.